The highest BCUT2D eigenvalue weighted by molar-refractivity contribution is 7.92. The average Bonchev–Trinajstić information content (AvgIpc) is 3.36. The van der Waals surface area contributed by atoms with Crippen LogP contribution in [0.25, 0.3) is 5.65 Å². The number of sulfonamides is 1. The fourth-order valence-electron chi connectivity index (χ4n) is 2.81. The van der Waals surface area contributed by atoms with Gasteiger partial charge in [-0.15, -0.1) is 0 Å². The van der Waals surface area contributed by atoms with Crippen molar-refractivity contribution in [3.8, 4) is 0 Å². The fourth-order valence-corrected chi connectivity index (χ4v) is 3.83. The predicted octanol–water partition coefficient (Wildman–Crippen LogP) is 1.04. The number of esters is 1. The third-order valence-electron chi connectivity index (χ3n) is 4.33. The minimum atomic E-state index is -3.88. The molecule has 0 aliphatic heterocycles. The Bertz CT molecular complexity index is 1300. The van der Waals surface area contributed by atoms with Crippen molar-refractivity contribution in [2.45, 2.75) is 10.5 Å². The molecule has 2 heterocycles. The van der Waals surface area contributed by atoms with Gasteiger partial charge in [-0.1, -0.05) is 30.4 Å². The molecular weight excluding hydrogens is 410 g/mol. The number of fused-ring (bicyclic) bond motifs is 1. The van der Waals surface area contributed by atoms with E-state index in [0.717, 1.165) is 0 Å². The van der Waals surface area contributed by atoms with Crippen molar-refractivity contribution < 1.29 is 22.7 Å². The monoisotopic (exact) mass is 425 g/mol. The van der Waals surface area contributed by atoms with E-state index < -0.39 is 27.5 Å². The van der Waals surface area contributed by atoms with Crippen molar-refractivity contribution in [3.63, 3.8) is 0 Å². The van der Waals surface area contributed by atoms with Gasteiger partial charge in [-0.25, -0.2) is 22.7 Å². The van der Waals surface area contributed by atoms with E-state index in [4.69, 9.17) is 10.5 Å². The Balaban J connectivity index is 1.65. The van der Waals surface area contributed by atoms with Crippen LogP contribution in [0.2, 0.25) is 0 Å². The molecule has 2 aromatic heterocycles. The lowest BCUT2D eigenvalue weighted by Crippen LogP contribution is -2.43. The van der Waals surface area contributed by atoms with E-state index in [0.29, 0.717) is 0 Å². The summed E-state index contributed by atoms with van der Waals surface area (Å²) in [6.45, 7) is 0. The minimum absolute atomic E-state index is 0.0221. The van der Waals surface area contributed by atoms with Gasteiger partial charge in [-0.2, -0.15) is 5.10 Å². The van der Waals surface area contributed by atoms with E-state index in [1.54, 1.807) is 18.2 Å². The second-order valence-corrected chi connectivity index (χ2v) is 8.01. The van der Waals surface area contributed by atoms with E-state index in [2.05, 4.69) is 14.8 Å². The summed E-state index contributed by atoms with van der Waals surface area (Å²) in [4.78, 5) is 28.7. The van der Waals surface area contributed by atoms with Crippen LogP contribution in [-0.4, -0.2) is 40.5 Å². The summed E-state index contributed by atoms with van der Waals surface area (Å²) >= 11 is 0. The van der Waals surface area contributed by atoms with Crippen LogP contribution in [0.3, 0.4) is 0 Å². The first-order chi connectivity index (χ1) is 14.3. The molecule has 10 nitrogen and oxygen atoms in total. The molecule has 30 heavy (non-hydrogen) atoms. The summed E-state index contributed by atoms with van der Waals surface area (Å²) in [5.41, 5.74) is 3.64. The molecule has 3 aromatic rings. The van der Waals surface area contributed by atoms with Gasteiger partial charge in [-0.3, -0.25) is 9.52 Å². The normalized spacial score (nSPS) is 14.7. The smallest absolute Gasteiger partial charge is 0.345 e. The summed E-state index contributed by atoms with van der Waals surface area (Å²) in [6, 6.07) is 9.15. The molecule has 0 radical (unpaired) electrons. The number of rotatable bonds is 6. The maximum Gasteiger partial charge on any atom is 0.345 e. The van der Waals surface area contributed by atoms with Crippen molar-refractivity contribution in [1.29, 1.82) is 0 Å². The molecular formula is C19H15N5O5S. The molecule has 0 saturated heterocycles. The van der Waals surface area contributed by atoms with E-state index in [1.807, 2.05) is 0 Å². The first-order valence-corrected chi connectivity index (χ1v) is 10.1. The van der Waals surface area contributed by atoms with E-state index in [1.165, 1.54) is 59.4 Å². The van der Waals surface area contributed by atoms with Gasteiger partial charge in [-0.05, 0) is 30.4 Å². The van der Waals surface area contributed by atoms with Crippen LogP contribution in [0, 0.1) is 0 Å². The predicted molar refractivity (Wildman–Crippen MR) is 106 cm³/mol. The van der Waals surface area contributed by atoms with Gasteiger partial charge in [0.05, 0.1) is 11.1 Å². The number of amides is 1. The molecule has 1 aliphatic carbocycles. The highest BCUT2D eigenvalue weighted by Crippen LogP contribution is 2.24. The molecule has 0 spiro atoms. The standard InChI is InChI=1S/C19H15N5O5S/c20-18(26)19(9-4-5-10-19)29-17(25)14-12-21-24-11-8-15(22-16(14)24)23-30(27,28)13-6-2-1-3-7-13/h1-12H,(H2,20,26)(H,22,23). The molecule has 0 unspecified atom stereocenters. The first-order valence-electron chi connectivity index (χ1n) is 8.63. The number of nitrogens with zero attached hydrogens (tertiary/aromatic N) is 3. The van der Waals surface area contributed by atoms with Crippen LogP contribution >= 0.6 is 0 Å². The molecule has 1 amide bonds. The van der Waals surface area contributed by atoms with Gasteiger partial charge in [0, 0.05) is 6.20 Å². The van der Waals surface area contributed by atoms with E-state index >= 15 is 0 Å². The third-order valence-corrected chi connectivity index (χ3v) is 5.70. The highest BCUT2D eigenvalue weighted by Gasteiger charge is 2.38. The van der Waals surface area contributed by atoms with E-state index in [9.17, 15) is 18.0 Å². The number of carbonyl (C=O) groups is 2. The topological polar surface area (TPSA) is 146 Å². The van der Waals surface area contributed by atoms with Gasteiger partial charge in [0.2, 0.25) is 5.60 Å². The Kier molecular flexibility index (Phi) is 4.59. The van der Waals surface area contributed by atoms with E-state index in [-0.39, 0.29) is 21.9 Å². The maximum atomic E-state index is 12.7. The van der Waals surface area contributed by atoms with Crippen molar-refractivity contribution in [2.75, 3.05) is 4.72 Å². The van der Waals surface area contributed by atoms with Crippen LogP contribution in [0.4, 0.5) is 5.82 Å². The molecule has 3 N–H and O–H groups in total. The molecule has 152 valence electrons. The number of hydrogen-bond donors (Lipinski definition) is 2. The highest BCUT2D eigenvalue weighted by atomic mass is 32.2. The van der Waals surface area contributed by atoms with Crippen LogP contribution in [0.5, 0.6) is 0 Å². The lowest BCUT2D eigenvalue weighted by molar-refractivity contribution is -0.129. The summed E-state index contributed by atoms with van der Waals surface area (Å²) < 4.78 is 33.9. The Morgan fingerprint density at radius 2 is 1.80 bits per heavy atom. The van der Waals surface area contributed by atoms with Gasteiger partial charge < -0.3 is 10.5 Å². The zero-order chi connectivity index (χ0) is 21.4. The minimum Gasteiger partial charge on any atom is -0.436 e. The molecule has 0 fully saturated rings. The number of primary amides is 1. The quantitative estimate of drug-likeness (QED) is 0.561. The molecule has 0 bridgehead atoms. The summed E-state index contributed by atoms with van der Waals surface area (Å²) in [7, 11) is -3.88. The molecule has 1 aromatic carbocycles. The SMILES string of the molecule is NC(=O)C1(OC(=O)c2cnn3ccc(NS(=O)(=O)c4ccccc4)nc23)C=CC=C1. The Morgan fingerprint density at radius 3 is 2.47 bits per heavy atom. The van der Waals surface area contributed by atoms with Gasteiger partial charge in [0.1, 0.15) is 11.4 Å². The van der Waals surface area contributed by atoms with Crippen molar-refractivity contribution >= 4 is 33.4 Å². The molecule has 1 aliphatic rings. The van der Waals surface area contributed by atoms with Crippen molar-refractivity contribution in [1.82, 2.24) is 14.6 Å². The fraction of sp³-hybridized carbons (Fsp3) is 0.0526. The Morgan fingerprint density at radius 1 is 1.10 bits per heavy atom. The zero-order valence-electron chi connectivity index (χ0n) is 15.3. The Hall–Kier alpha value is -3.99. The van der Waals surface area contributed by atoms with Gasteiger partial charge in [0.15, 0.2) is 5.65 Å². The molecule has 0 saturated carbocycles. The zero-order valence-corrected chi connectivity index (χ0v) is 16.1. The number of benzene rings is 1. The second kappa shape index (κ2) is 7.12. The largest absolute Gasteiger partial charge is 0.436 e. The molecule has 11 heteroatoms. The number of hydrogen-bond acceptors (Lipinski definition) is 7. The van der Waals surface area contributed by atoms with Crippen LogP contribution < -0.4 is 10.5 Å². The molecule has 0 atom stereocenters. The average molecular weight is 425 g/mol. The molecule has 4 rings (SSSR count). The number of allylic oxidation sites excluding steroid dienone is 2. The second-order valence-electron chi connectivity index (χ2n) is 6.32. The first kappa shape index (κ1) is 19.3. The number of anilines is 1. The Labute approximate surface area is 170 Å². The van der Waals surface area contributed by atoms with Crippen LogP contribution in [0.1, 0.15) is 10.4 Å². The number of aromatic nitrogens is 3. The van der Waals surface area contributed by atoms with Crippen molar-refractivity contribution in [3.05, 3.63) is 78.7 Å². The number of nitrogens with one attached hydrogen (secondary N) is 1. The number of nitrogens with two attached hydrogens (primary N) is 1. The van der Waals surface area contributed by atoms with Crippen LogP contribution in [0.15, 0.2) is 78.0 Å². The maximum absolute atomic E-state index is 12.7. The van der Waals surface area contributed by atoms with Gasteiger partial charge in [0.25, 0.3) is 15.9 Å². The summed E-state index contributed by atoms with van der Waals surface area (Å²) in [5.74, 6) is -1.77. The van der Waals surface area contributed by atoms with Gasteiger partial charge >= 0.3 is 5.97 Å². The third kappa shape index (κ3) is 3.42. The summed E-state index contributed by atoms with van der Waals surface area (Å²) in [5, 5.41) is 4.00. The van der Waals surface area contributed by atoms with Crippen LogP contribution in [-0.2, 0) is 19.6 Å². The lowest BCUT2D eigenvalue weighted by atomic mass is 10.1. The number of carbonyl (C=O) groups excluding carboxylic acids is 2. The lowest BCUT2D eigenvalue weighted by Gasteiger charge is -2.21. The number of ether oxygens (including phenoxy) is 1. The van der Waals surface area contributed by atoms with Crippen molar-refractivity contribution in [2.24, 2.45) is 5.73 Å². The summed E-state index contributed by atoms with van der Waals surface area (Å²) in [6.07, 6.45) is 8.40.